The minimum Gasteiger partial charge on any atom is -0.660 e. The number of rotatable bonds is 22. The summed E-state index contributed by atoms with van der Waals surface area (Å²) in [6.07, 6.45) is 5.11. The van der Waals surface area contributed by atoms with Gasteiger partial charge in [0.2, 0.25) is 0 Å². The Balaban J connectivity index is -0.000000574. The van der Waals surface area contributed by atoms with Crippen molar-refractivity contribution in [2.45, 2.75) is 323 Å². The van der Waals surface area contributed by atoms with Gasteiger partial charge >= 0.3 is 16.8 Å². The maximum Gasteiger partial charge on any atom is 2.00 e. The largest absolute Gasteiger partial charge is 2.00 e. The Labute approximate surface area is 718 Å². The Kier molecular flexibility index (Phi) is 64.4. The average Bonchev–Trinajstić information content (AvgIpc) is 1.30. The van der Waals surface area contributed by atoms with Gasteiger partial charge in [0, 0.05) is 101 Å². The van der Waals surface area contributed by atoms with Crippen molar-refractivity contribution in [3.8, 4) is 0 Å². The van der Waals surface area contributed by atoms with Gasteiger partial charge in [0.15, 0.2) is 0 Å². The van der Waals surface area contributed by atoms with Crippen LogP contribution in [0.3, 0.4) is 0 Å². The minimum absolute atomic E-state index is 0. The Morgan fingerprint density at radius 3 is 0.514 bits per heavy atom. The second-order valence-electron chi connectivity index (χ2n) is 31.4. The predicted octanol–water partition coefficient (Wildman–Crippen LogP) is 33.7. The van der Waals surface area contributed by atoms with Crippen molar-refractivity contribution in [3.05, 3.63) is 201 Å². The number of hydrogen-bond donors (Lipinski definition) is 0. The molecule has 8 rings (SSSR count). The fourth-order valence-corrected chi connectivity index (χ4v) is 22.7. The Morgan fingerprint density at radius 1 is 0.262 bits per heavy atom. The second kappa shape index (κ2) is 61.3. The molecule has 0 atom stereocenters. The van der Waals surface area contributed by atoms with Gasteiger partial charge in [0.25, 0.3) is 0 Å². The van der Waals surface area contributed by atoms with Crippen LogP contribution in [-0.2, 0) is 86.5 Å². The molecule has 2 saturated heterocycles. The van der Waals surface area contributed by atoms with Crippen LogP contribution in [0.15, 0.2) is 114 Å². The first-order valence-electron chi connectivity index (χ1n) is 38.6. The minimum atomic E-state index is -0.255. The van der Waals surface area contributed by atoms with Gasteiger partial charge in [0.05, 0.1) is 5.69 Å². The normalized spacial score (nSPS) is 12.3. The number of hydrogen-bond acceptors (Lipinski definition) is 3. The van der Waals surface area contributed by atoms with E-state index < -0.39 is 0 Å². The third kappa shape index (κ3) is 52.2. The van der Waals surface area contributed by atoms with E-state index in [1.54, 1.807) is 0 Å². The summed E-state index contributed by atoms with van der Waals surface area (Å²) in [5.74, 6) is 0. The van der Waals surface area contributed by atoms with Gasteiger partial charge in [-0.25, -0.2) is 4.74 Å². The summed E-state index contributed by atoms with van der Waals surface area (Å²) >= 11 is 0. The average molecular weight is 1730 g/mol. The van der Waals surface area contributed by atoms with E-state index in [2.05, 4.69) is 349 Å². The van der Waals surface area contributed by atoms with E-state index in [1.807, 2.05) is 0 Å². The fourth-order valence-electron chi connectivity index (χ4n) is 12.1. The van der Waals surface area contributed by atoms with Gasteiger partial charge in [-0.1, -0.05) is 305 Å². The molecule has 6 aromatic rings. The Bertz CT molecular complexity index is 2740. The van der Waals surface area contributed by atoms with Crippen LogP contribution in [0.2, 0.25) is 0 Å². The van der Waals surface area contributed by atoms with Crippen LogP contribution in [0.4, 0.5) is 34.1 Å². The van der Waals surface area contributed by atoms with Gasteiger partial charge in [0.1, 0.15) is 0 Å². The molecule has 0 bridgehead atoms. The van der Waals surface area contributed by atoms with E-state index in [0.29, 0.717) is 62.2 Å². The third-order valence-corrected chi connectivity index (χ3v) is 29.4. The molecule has 0 aromatic heterocycles. The van der Waals surface area contributed by atoms with Crippen molar-refractivity contribution in [2.75, 3.05) is 26.4 Å². The van der Waals surface area contributed by atoms with Crippen LogP contribution in [0, 0.1) is 83.1 Å². The number of aryl methyl sites for hydroxylation is 12. The molecule has 6 aromatic carbocycles. The molecule has 2 radical (unpaired) electrons. The first-order chi connectivity index (χ1) is 48.1. The van der Waals surface area contributed by atoms with Crippen molar-refractivity contribution < 1.29 is 86.5 Å². The van der Waals surface area contributed by atoms with Crippen LogP contribution >= 0.6 is 48.7 Å². The second-order valence-corrected chi connectivity index (χ2v) is 48.0. The van der Waals surface area contributed by atoms with Gasteiger partial charge in [-0.15, -0.1) is 28.4 Å². The van der Waals surface area contributed by atoms with Crippen LogP contribution in [-0.4, -0.2) is 88.7 Å². The fraction of sp³-hybridized carbons (Fsp3) is 0.596. The number of benzene rings is 6. The first kappa shape index (κ1) is 112. The molecule has 2 aliphatic heterocycles. The van der Waals surface area contributed by atoms with E-state index in [4.69, 9.17) is 34.9 Å². The van der Waals surface area contributed by atoms with Crippen LogP contribution in [0.25, 0.3) is 25.4 Å². The maximum absolute atomic E-state index is 4.94. The third-order valence-electron chi connectivity index (χ3n) is 15.7. The smallest absolute Gasteiger partial charge is 0.660 e. The van der Waals surface area contributed by atoms with Crippen molar-refractivity contribution in [1.29, 1.82) is 0 Å². The van der Waals surface area contributed by atoms with E-state index in [1.165, 1.54) is 92.4 Å². The predicted molar refractivity (Wildman–Crippen MR) is 481 cm³/mol. The molecule has 8 nitrogen and oxygen atoms in total. The summed E-state index contributed by atoms with van der Waals surface area (Å²) in [6.45, 7) is 79.5. The van der Waals surface area contributed by atoms with Crippen LogP contribution in [0.5, 0.6) is 0 Å². The van der Waals surface area contributed by atoms with Crippen molar-refractivity contribution in [3.63, 3.8) is 0 Å². The molecule has 604 valence electrons. The quantitative estimate of drug-likeness (QED) is 0.0499. The molecule has 18 heteroatoms. The topological polar surface area (TPSA) is 101 Å². The SMILES string of the molecule is C1CCOC1.C1CCOC1.Cc1cc(C)cc(N=PC(C)C)c1.Cc1cc(C)cc([N-]P(C(C)C)C(C)C)c1.Cc1cc(C)cc([N-]P(C(C)C)C(C)C)c1.Cc1cc(C)cc([N-]P(C(C)C)C(C)C)c1.Cc1cc(C)cc([N-]P(C(C)C)C(C)C)c1.Cc1cc(C)cc([N-]P(C(C)C)C(C)C)c1.[Co+2].[Co].[Ti].[Ti]. The molecule has 2 fully saturated rings. The van der Waals surface area contributed by atoms with Crippen LogP contribution in [0.1, 0.15) is 245 Å². The zero-order valence-corrected chi connectivity index (χ0v) is 83.8. The van der Waals surface area contributed by atoms with E-state index in [-0.39, 0.29) is 117 Å². The summed E-state index contributed by atoms with van der Waals surface area (Å²) in [5, 5.41) is 24.7. The van der Waals surface area contributed by atoms with E-state index in [0.717, 1.165) is 68.9 Å². The van der Waals surface area contributed by atoms with Gasteiger partial charge < -0.3 is 34.9 Å². The van der Waals surface area contributed by atoms with Crippen molar-refractivity contribution in [2.24, 2.45) is 4.74 Å². The monoisotopic (exact) mass is 1730 g/mol. The summed E-state index contributed by atoms with van der Waals surface area (Å²) in [5.41, 5.74) is 29.8. The van der Waals surface area contributed by atoms with Crippen molar-refractivity contribution in [1.82, 2.24) is 0 Å². The molecule has 0 spiro atoms. The molecular weight excluding hydrogens is 1580 g/mol. The molecular formula is C89H147Co2N6O2P6Ti2-3. The molecule has 0 aliphatic carbocycles. The summed E-state index contributed by atoms with van der Waals surface area (Å²) in [7, 11) is -0.118. The molecule has 0 unspecified atom stereocenters. The summed E-state index contributed by atoms with van der Waals surface area (Å²) < 4.78 is 14.4. The molecule has 2 aliphatic rings. The first-order valence-corrected chi connectivity index (χ1v) is 46.7. The zero-order chi connectivity index (χ0) is 78.4. The Morgan fingerprint density at radius 2 is 0.402 bits per heavy atom. The summed E-state index contributed by atoms with van der Waals surface area (Å²) in [6, 6.07) is 39.3. The molecule has 0 amide bonds. The van der Waals surface area contributed by atoms with Gasteiger partial charge in [-0.2, -0.15) is 40.4 Å². The number of nitrogens with zero attached hydrogens (tertiary/aromatic N) is 6. The molecule has 107 heavy (non-hydrogen) atoms. The Hall–Kier alpha value is -1.07. The zero-order valence-electron chi connectivity index (χ0n) is 73.2. The summed E-state index contributed by atoms with van der Waals surface area (Å²) in [4.78, 5) is 0. The molecule has 0 saturated carbocycles. The standard InChI is InChI=1S/5C14H23NP.C11H16NP.2C4H8O.2Co.2Ti/c5*1-10(2)16(11(3)4)15-14-8-12(5)7-13(6)9-14;1-8(2)13-12-11-6-9(3)5-10(4)7-11;2*1-2-4-5-3-1;;;;/h5*7-11H,1-6H3;5-8H,1-4H3;2*1-4H2;;;;/q5*-1;;;;;+2;;. The van der Waals surface area contributed by atoms with Gasteiger partial charge in [-0.3, -0.25) is 0 Å². The number of ether oxygens (including phenoxy) is 2. The molecule has 0 N–H and O–H groups in total. The maximum atomic E-state index is 4.94. The van der Waals surface area contributed by atoms with Crippen LogP contribution < -0.4 is 0 Å². The van der Waals surface area contributed by atoms with Crippen molar-refractivity contribution >= 4 is 82.9 Å². The molecule has 2 heterocycles. The van der Waals surface area contributed by atoms with Gasteiger partial charge in [-0.05, 0) is 189 Å². The van der Waals surface area contributed by atoms with E-state index >= 15 is 0 Å². The van der Waals surface area contributed by atoms with E-state index in [9.17, 15) is 0 Å².